The van der Waals surface area contributed by atoms with Crippen LogP contribution in [-0.2, 0) is 0 Å². The molecule has 1 rings (SSSR count). The van der Waals surface area contributed by atoms with Crippen LogP contribution in [0.5, 0.6) is 11.5 Å². The minimum Gasteiger partial charge on any atom is -0.497 e. The monoisotopic (exact) mass is 280 g/mol. The molecule has 0 spiro atoms. The summed E-state index contributed by atoms with van der Waals surface area (Å²) < 4.78 is 10.4. The lowest BCUT2D eigenvalue weighted by atomic mass is 10.1. The summed E-state index contributed by atoms with van der Waals surface area (Å²) in [6, 6.07) is 3.44. The second-order valence-corrected chi connectivity index (χ2v) is 4.88. The van der Waals surface area contributed by atoms with E-state index in [0.717, 1.165) is 6.42 Å². The Bertz CT molecular complexity index is 472. The van der Waals surface area contributed by atoms with Gasteiger partial charge in [-0.15, -0.1) is 0 Å². The molecule has 0 aromatic heterocycles. The summed E-state index contributed by atoms with van der Waals surface area (Å²) in [6.07, 6.45) is 0.894. The van der Waals surface area contributed by atoms with Crippen LogP contribution in [0.4, 0.5) is 5.69 Å². The molecule has 20 heavy (non-hydrogen) atoms. The highest BCUT2D eigenvalue weighted by molar-refractivity contribution is 6.01. The number of carbonyl (C=O) groups is 1. The highest BCUT2D eigenvalue weighted by Crippen LogP contribution is 2.32. The number of amides is 1. The Kier molecular flexibility index (Phi) is 5.67. The van der Waals surface area contributed by atoms with Gasteiger partial charge in [-0.2, -0.15) is 0 Å². The number of nitrogen functional groups attached to an aromatic ring is 1. The van der Waals surface area contributed by atoms with Crippen molar-refractivity contribution in [2.75, 3.05) is 26.5 Å². The van der Waals surface area contributed by atoms with Crippen molar-refractivity contribution in [2.24, 2.45) is 0 Å². The SMILES string of the molecule is CCCN(C(=O)c1cc(OC)cc(OC)c1N)C(C)C. The molecule has 0 atom stereocenters. The van der Waals surface area contributed by atoms with Gasteiger partial charge in [0.15, 0.2) is 0 Å². The van der Waals surface area contributed by atoms with Gasteiger partial charge in [0, 0.05) is 18.7 Å². The summed E-state index contributed by atoms with van der Waals surface area (Å²) >= 11 is 0. The van der Waals surface area contributed by atoms with Crippen molar-refractivity contribution in [3.8, 4) is 11.5 Å². The van der Waals surface area contributed by atoms with Gasteiger partial charge in [-0.3, -0.25) is 4.79 Å². The van der Waals surface area contributed by atoms with E-state index in [2.05, 4.69) is 0 Å². The van der Waals surface area contributed by atoms with Crippen LogP contribution in [0.2, 0.25) is 0 Å². The van der Waals surface area contributed by atoms with Gasteiger partial charge in [-0.05, 0) is 26.3 Å². The molecule has 0 aliphatic rings. The van der Waals surface area contributed by atoms with Crippen LogP contribution in [0.15, 0.2) is 12.1 Å². The normalized spacial score (nSPS) is 10.5. The third-order valence-electron chi connectivity index (χ3n) is 3.15. The van der Waals surface area contributed by atoms with Crippen molar-refractivity contribution in [2.45, 2.75) is 33.2 Å². The number of rotatable bonds is 6. The number of nitrogens with two attached hydrogens (primary N) is 1. The minimum absolute atomic E-state index is 0.100. The Morgan fingerprint density at radius 3 is 2.40 bits per heavy atom. The van der Waals surface area contributed by atoms with Gasteiger partial charge in [0.25, 0.3) is 5.91 Å². The van der Waals surface area contributed by atoms with Gasteiger partial charge in [-0.1, -0.05) is 6.92 Å². The fraction of sp³-hybridized carbons (Fsp3) is 0.533. The first-order valence-corrected chi connectivity index (χ1v) is 6.78. The van der Waals surface area contributed by atoms with Gasteiger partial charge in [0.05, 0.1) is 25.5 Å². The highest BCUT2D eigenvalue weighted by Gasteiger charge is 2.22. The van der Waals surface area contributed by atoms with E-state index in [0.29, 0.717) is 29.3 Å². The molecule has 0 aliphatic heterocycles. The van der Waals surface area contributed by atoms with E-state index in [1.54, 1.807) is 24.1 Å². The molecule has 0 fully saturated rings. The summed E-state index contributed by atoms with van der Waals surface area (Å²) in [5, 5.41) is 0. The standard InChI is InChI=1S/C15H24N2O3/c1-6-7-17(10(2)3)15(18)12-8-11(19-4)9-13(20-5)14(12)16/h8-10H,6-7,16H2,1-5H3. The molecule has 5 heteroatoms. The van der Waals surface area contributed by atoms with E-state index in [1.807, 2.05) is 20.8 Å². The van der Waals surface area contributed by atoms with Gasteiger partial charge < -0.3 is 20.1 Å². The van der Waals surface area contributed by atoms with Gasteiger partial charge >= 0.3 is 0 Å². The summed E-state index contributed by atoms with van der Waals surface area (Å²) in [4.78, 5) is 14.5. The molecular weight excluding hydrogens is 256 g/mol. The zero-order valence-electron chi connectivity index (χ0n) is 12.9. The van der Waals surface area contributed by atoms with Crippen LogP contribution >= 0.6 is 0 Å². The smallest absolute Gasteiger partial charge is 0.256 e. The molecule has 0 aliphatic carbocycles. The zero-order valence-corrected chi connectivity index (χ0v) is 12.9. The van der Waals surface area contributed by atoms with Gasteiger partial charge in [-0.25, -0.2) is 0 Å². The summed E-state index contributed by atoms with van der Waals surface area (Å²) in [7, 11) is 3.07. The van der Waals surface area contributed by atoms with E-state index in [9.17, 15) is 4.79 Å². The maximum atomic E-state index is 12.7. The topological polar surface area (TPSA) is 64.8 Å². The lowest BCUT2D eigenvalue weighted by Crippen LogP contribution is -2.37. The first kappa shape index (κ1) is 16.1. The third kappa shape index (κ3) is 3.35. The number of anilines is 1. The Morgan fingerprint density at radius 2 is 1.95 bits per heavy atom. The Morgan fingerprint density at radius 1 is 1.30 bits per heavy atom. The molecule has 0 saturated heterocycles. The lowest BCUT2D eigenvalue weighted by molar-refractivity contribution is 0.0706. The largest absolute Gasteiger partial charge is 0.497 e. The third-order valence-corrected chi connectivity index (χ3v) is 3.15. The number of hydrogen-bond acceptors (Lipinski definition) is 4. The molecule has 1 amide bonds. The van der Waals surface area contributed by atoms with Crippen molar-refractivity contribution in [1.82, 2.24) is 4.90 Å². The molecule has 112 valence electrons. The number of nitrogens with zero attached hydrogens (tertiary/aromatic N) is 1. The van der Waals surface area contributed by atoms with Crippen LogP contribution in [0.25, 0.3) is 0 Å². The van der Waals surface area contributed by atoms with E-state index < -0.39 is 0 Å². The highest BCUT2D eigenvalue weighted by atomic mass is 16.5. The lowest BCUT2D eigenvalue weighted by Gasteiger charge is -2.27. The first-order valence-electron chi connectivity index (χ1n) is 6.78. The Hall–Kier alpha value is -1.91. The van der Waals surface area contributed by atoms with E-state index in [-0.39, 0.29) is 11.9 Å². The van der Waals surface area contributed by atoms with E-state index >= 15 is 0 Å². The molecule has 1 aromatic rings. The molecule has 0 heterocycles. The zero-order chi connectivity index (χ0) is 15.3. The first-order chi connectivity index (χ1) is 9.46. The van der Waals surface area contributed by atoms with Crippen molar-refractivity contribution in [1.29, 1.82) is 0 Å². The van der Waals surface area contributed by atoms with Crippen LogP contribution in [-0.4, -0.2) is 37.6 Å². The quantitative estimate of drug-likeness (QED) is 0.813. The number of hydrogen-bond donors (Lipinski definition) is 1. The van der Waals surface area contributed by atoms with Crippen molar-refractivity contribution < 1.29 is 14.3 Å². The molecule has 2 N–H and O–H groups in total. The molecule has 1 aromatic carbocycles. The fourth-order valence-electron chi connectivity index (χ4n) is 2.05. The average Bonchev–Trinajstić information content (AvgIpc) is 2.44. The van der Waals surface area contributed by atoms with Gasteiger partial charge in [0.2, 0.25) is 0 Å². The van der Waals surface area contributed by atoms with Crippen LogP contribution in [0.1, 0.15) is 37.6 Å². The maximum Gasteiger partial charge on any atom is 0.256 e. The van der Waals surface area contributed by atoms with Crippen LogP contribution in [0, 0.1) is 0 Å². The van der Waals surface area contributed by atoms with Crippen molar-refractivity contribution in [3.05, 3.63) is 17.7 Å². The van der Waals surface area contributed by atoms with Gasteiger partial charge in [0.1, 0.15) is 11.5 Å². The molecule has 5 nitrogen and oxygen atoms in total. The molecular formula is C15H24N2O3. The number of ether oxygens (including phenoxy) is 2. The molecule has 0 unspecified atom stereocenters. The van der Waals surface area contributed by atoms with Crippen molar-refractivity contribution >= 4 is 11.6 Å². The van der Waals surface area contributed by atoms with Crippen LogP contribution in [0.3, 0.4) is 0 Å². The summed E-state index contributed by atoms with van der Waals surface area (Å²) in [5.41, 5.74) is 6.79. The number of benzene rings is 1. The Labute approximate surface area is 120 Å². The average molecular weight is 280 g/mol. The molecule has 0 saturated carbocycles. The predicted molar refractivity (Wildman–Crippen MR) is 80.4 cm³/mol. The Balaban J connectivity index is 3.25. The van der Waals surface area contributed by atoms with E-state index in [1.165, 1.54) is 7.11 Å². The number of carbonyl (C=O) groups excluding carboxylic acids is 1. The summed E-state index contributed by atoms with van der Waals surface area (Å²) in [6.45, 7) is 6.70. The molecule has 0 radical (unpaired) electrons. The van der Waals surface area contributed by atoms with E-state index in [4.69, 9.17) is 15.2 Å². The fourth-order valence-corrected chi connectivity index (χ4v) is 2.05. The van der Waals surface area contributed by atoms with Crippen LogP contribution < -0.4 is 15.2 Å². The number of methoxy groups -OCH3 is 2. The second kappa shape index (κ2) is 7.03. The maximum absolute atomic E-state index is 12.7. The molecule has 0 bridgehead atoms. The second-order valence-electron chi connectivity index (χ2n) is 4.88. The predicted octanol–water partition coefficient (Wildman–Crippen LogP) is 2.55. The summed E-state index contributed by atoms with van der Waals surface area (Å²) in [5.74, 6) is 0.907. The minimum atomic E-state index is -0.100. The van der Waals surface area contributed by atoms with Crippen molar-refractivity contribution in [3.63, 3.8) is 0 Å².